The van der Waals surface area contributed by atoms with E-state index in [9.17, 15) is 13.2 Å². The second-order valence-electron chi connectivity index (χ2n) is 4.20. The number of nitrogens with one attached hydrogen (secondary N) is 1. The fourth-order valence-corrected chi connectivity index (χ4v) is 4.13. The summed E-state index contributed by atoms with van der Waals surface area (Å²) in [5, 5.41) is 5.51. The van der Waals surface area contributed by atoms with Crippen LogP contribution >= 0.6 is 11.3 Å². The highest BCUT2D eigenvalue weighted by Crippen LogP contribution is 2.12. The van der Waals surface area contributed by atoms with E-state index < -0.39 is 9.84 Å². The molecule has 1 fully saturated rings. The number of carbonyl (C=O) groups excluding carboxylic acids is 1. The van der Waals surface area contributed by atoms with Crippen LogP contribution in [-0.2, 0) is 21.1 Å². The van der Waals surface area contributed by atoms with Gasteiger partial charge in [0.2, 0.25) is 5.91 Å². The lowest BCUT2D eigenvalue weighted by molar-refractivity contribution is -0.121. The summed E-state index contributed by atoms with van der Waals surface area (Å²) in [5.41, 5.74) is 0.742. The van der Waals surface area contributed by atoms with Crippen molar-refractivity contribution in [1.29, 1.82) is 0 Å². The molecule has 1 aliphatic rings. The number of aryl methyl sites for hydroxylation is 1. The van der Waals surface area contributed by atoms with Crippen molar-refractivity contribution in [3.05, 3.63) is 16.1 Å². The number of thiazole rings is 1. The van der Waals surface area contributed by atoms with Crippen molar-refractivity contribution >= 4 is 27.1 Å². The average molecular weight is 274 g/mol. The van der Waals surface area contributed by atoms with Crippen LogP contribution in [0.25, 0.3) is 0 Å². The molecule has 7 heteroatoms. The van der Waals surface area contributed by atoms with Gasteiger partial charge >= 0.3 is 0 Å². The monoisotopic (exact) mass is 274 g/mol. The van der Waals surface area contributed by atoms with Crippen molar-refractivity contribution < 1.29 is 13.2 Å². The first kappa shape index (κ1) is 12.5. The van der Waals surface area contributed by atoms with Crippen LogP contribution in [0, 0.1) is 6.92 Å². The summed E-state index contributed by atoms with van der Waals surface area (Å²) in [6.45, 7) is 1.88. The quantitative estimate of drug-likeness (QED) is 0.860. The molecule has 0 spiro atoms. The van der Waals surface area contributed by atoms with Gasteiger partial charge in [-0.05, 0) is 13.3 Å². The first-order chi connectivity index (χ1) is 7.94. The standard InChI is InChI=1S/C10H14N2O3S2/c1-7-11-9(5-16-7)4-10(13)12-8-2-3-17(14,15)6-8/h5,8H,2-4,6H2,1H3,(H,12,13). The van der Waals surface area contributed by atoms with Crippen LogP contribution in [0.5, 0.6) is 0 Å². The largest absolute Gasteiger partial charge is 0.352 e. The van der Waals surface area contributed by atoms with Gasteiger partial charge in [0.25, 0.3) is 0 Å². The molecule has 1 N–H and O–H groups in total. The third-order valence-electron chi connectivity index (χ3n) is 2.61. The Morgan fingerprint density at radius 3 is 2.94 bits per heavy atom. The van der Waals surface area contributed by atoms with Crippen molar-refractivity contribution in [3.8, 4) is 0 Å². The number of sulfone groups is 1. The summed E-state index contributed by atoms with van der Waals surface area (Å²) < 4.78 is 22.4. The molecular weight excluding hydrogens is 260 g/mol. The summed E-state index contributed by atoms with van der Waals surface area (Å²) in [5.74, 6) is 0.0835. The number of aromatic nitrogens is 1. The van der Waals surface area contributed by atoms with Crippen LogP contribution in [0.15, 0.2) is 5.38 Å². The molecule has 0 bridgehead atoms. The fourth-order valence-electron chi connectivity index (χ4n) is 1.84. The molecule has 17 heavy (non-hydrogen) atoms. The van der Waals surface area contributed by atoms with Crippen LogP contribution in [0.4, 0.5) is 0 Å². The second kappa shape index (κ2) is 4.73. The molecule has 1 aromatic rings. The van der Waals surface area contributed by atoms with E-state index in [2.05, 4.69) is 10.3 Å². The normalized spacial score (nSPS) is 22.5. The predicted octanol–water partition coefficient (Wildman–Crippen LogP) is 0.297. The third kappa shape index (κ3) is 3.50. The lowest BCUT2D eigenvalue weighted by Gasteiger charge is -2.09. The minimum atomic E-state index is -2.94. The van der Waals surface area contributed by atoms with Crippen LogP contribution in [0.2, 0.25) is 0 Å². The van der Waals surface area contributed by atoms with Gasteiger partial charge in [0, 0.05) is 11.4 Å². The molecule has 5 nitrogen and oxygen atoms in total. The van der Waals surface area contributed by atoms with Crippen molar-refractivity contribution in [3.63, 3.8) is 0 Å². The minimum absolute atomic E-state index is 0.0643. The fraction of sp³-hybridized carbons (Fsp3) is 0.600. The Morgan fingerprint density at radius 1 is 1.65 bits per heavy atom. The summed E-state index contributed by atoms with van der Waals surface area (Å²) >= 11 is 1.50. The molecule has 1 aliphatic heterocycles. The van der Waals surface area contributed by atoms with Crippen LogP contribution < -0.4 is 5.32 Å². The van der Waals surface area contributed by atoms with Gasteiger partial charge in [-0.15, -0.1) is 11.3 Å². The van der Waals surface area contributed by atoms with E-state index >= 15 is 0 Å². The molecule has 0 aromatic carbocycles. The summed E-state index contributed by atoms with van der Waals surface area (Å²) in [7, 11) is -2.94. The van der Waals surface area contributed by atoms with Crippen LogP contribution in [0.3, 0.4) is 0 Å². The van der Waals surface area contributed by atoms with E-state index in [1.54, 1.807) is 0 Å². The van der Waals surface area contributed by atoms with Crippen molar-refractivity contribution in [2.24, 2.45) is 0 Å². The van der Waals surface area contributed by atoms with Gasteiger partial charge in [-0.1, -0.05) is 0 Å². The average Bonchev–Trinajstić information content (AvgIpc) is 2.73. The van der Waals surface area contributed by atoms with E-state index in [0.717, 1.165) is 10.7 Å². The Balaban J connectivity index is 1.86. The van der Waals surface area contributed by atoms with E-state index in [1.165, 1.54) is 11.3 Å². The van der Waals surface area contributed by atoms with Crippen LogP contribution in [0.1, 0.15) is 17.1 Å². The number of hydrogen-bond acceptors (Lipinski definition) is 5. The molecule has 0 radical (unpaired) electrons. The molecule has 1 saturated heterocycles. The smallest absolute Gasteiger partial charge is 0.226 e. The van der Waals surface area contributed by atoms with Crippen molar-refractivity contribution in [2.75, 3.05) is 11.5 Å². The minimum Gasteiger partial charge on any atom is -0.352 e. The third-order valence-corrected chi connectivity index (χ3v) is 5.20. The van der Waals surface area contributed by atoms with E-state index in [0.29, 0.717) is 6.42 Å². The Kier molecular flexibility index (Phi) is 3.48. The summed E-state index contributed by atoms with van der Waals surface area (Å²) in [4.78, 5) is 15.8. The van der Waals surface area contributed by atoms with Crippen molar-refractivity contribution in [1.82, 2.24) is 10.3 Å². The molecule has 0 aliphatic carbocycles. The Labute approximate surface area is 104 Å². The summed E-state index contributed by atoms with van der Waals surface area (Å²) in [6, 6.07) is -0.229. The second-order valence-corrected chi connectivity index (χ2v) is 7.49. The number of nitrogens with zero attached hydrogens (tertiary/aromatic N) is 1. The Morgan fingerprint density at radius 2 is 2.41 bits per heavy atom. The number of carbonyl (C=O) groups is 1. The number of amides is 1. The van der Waals surface area contributed by atoms with Gasteiger partial charge in [0.15, 0.2) is 9.84 Å². The first-order valence-corrected chi connectivity index (χ1v) is 8.05. The molecule has 0 saturated carbocycles. The molecule has 1 unspecified atom stereocenters. The molecule has 94 valence electrons. The maximum absolute atomic E-state index is 11.6. The van der Waals surface area contributed by atoms with E-state index in [1.807, 2.05) is 12.3 Å². The van der Waals surface area contributed by atoms with Crippen molar-refractivity contribution in [2.45, 2.75) is 25.8 Å². The highest BCUT2D eigenvalue weighted by Gasteiger charge is 2.28. The number of rotatable bonds is 3. The maximum atomic E-state index is 11.6. The molecule has 1 amide bonds. The SMILES string of the molecule is Cc1nc(CC(=O)NC2CCS(=O)(=O)C2)cs1. The molecule has 1 aromatic heterocycles. The predicted molar refractivity (Wildman–Crippen MR) is 65.8 cm³/mol. The summed E-state index contributed by atoms with van der Waals surface area (Å²) in [6.07, 6.45) is 0.741. The Bertz CT molecular complexity index is 521. The van der Waals surface area contributed by atoms with E-state index in [-0.39, 0.29) is 29.9 Å². The lowest BCUT2D eigenvalue weighted by Crippen LogP contribution is -2.36. The highest BCUT2D eigenvalue weighted by molar-refractivity contribution is 7.91. The first-order valence-electron chi connectivity index (χ1n) is 5.35. The molecule has 2 rings (SSSR count). The molecule has 1 atom stereocenters. The van der Waals surface area contributed by atoms with Crippen LogP contribution in [-0.4, -0.2) is 36.9 Å². The molecule has 2 heterocycles. The zero-order chi connectivity index (χ0) is 12.5. The zero-order valence-corrected chi connectivity index (χ0v) is 11.1. The zero-order valence-electron chi connectivity index (χ0n) is 9.47. The topological polar surface area (TPSA) is 76.1 Å². The van der Waals surface area contributed by atoms with Gasteiger partial charge in [0.05, 0.1) is 28.6 Å². The highest BCUT2D eigenvalue weighted by atomic mass is 32.2. The van der Waals surface area contributed by atoms with Gasteiger partial charge in [0.1, 0.15) is 0 Å². The van der Waals surface area contributed by atoms with Gasteiger partial charge < -0.3 is 5.32 Å². The number of hydrogen-bond donors (Lipinski definition) is 1. The van der Waals surface area contributed by atoms with E-state index in [4.69, 9.17) is 0 Å². The Hall–Kier alpha value is -0.950. The van der Waals surface area contributed by atoms with Gasteiger partial charge in [-0.2, -0.15) is 0 Å². The molecular formula is C10H14N2O3S2. The van der Waals surface area contributed by atoms with Gasteiger partial charge in [-0.25, -0.2) is 13.4 Å². The van der Waals surface area contributed by atoms with Gasteiger partial charge in [-0.3, -0.25) is 4.79 Å². The maximum Gasteiger partial charge on any atom is 0.226 e. The lowest BCUT2D eigenvalue weighted by atomic mass is 10.2.